The van der Waals surface area contributed by atoms with E-state index in [0.29, 0.717) is 29.3 Å². The van der Waals surface area contributed by atoms with E-state index in [0.717, 1.165) is 45.0 Å². The molecule has 35 heavy (non-hydrogen) atoms. The van der Waals surface area contributed by atoms with Crippen molar-refractivity contribution in [2.75, 3.05) is 44.7 Å². The maximum Gasteiger partial charge on any atom is 0.251 e. The van der Waals surface area contributed by atoms with Crippen LogP contribution in [0.25, 0.3) is 11.3 Å². The Morgan fingerprint density at radius 3 is 2.69 bits per heavy atom. The number of aromatic nitrogens is 4. The number of hydrogen-bond acceptors (Lipinski definition) is 7. The zero-order valence-electron chi connectivity index (χ0n) is 19.8. The first kappa shape index (κ1) is 23.4. The second kappa shape index (κ2) is 10.5. The number of rotatable bonds is 9. The number of nitrogens with zero attached hydrogens (tertiary/aromatic N) is 5. The second-order valence-corrected chi connectivity index (χ2v) is 9.08. The predicted molar refractivity (Wildman–Crippen MR) is 130 cm³/mol. The van der Waals surface area contributed by atoms with Crippen molar-refractivity contribution in [1.82, 2.24) is 30.0 Å². The highest BCUT2D eigenvalue weighted by Crippen LogP contribution is 2.36. The summed E-state index contributed by atoms with van der Waals surface area (Å²) in [6.07, 6.45) is 6.11. The molecule has 0 radical (unpaired) electrons. The van der Waals surface area contributed by atoms with Crippen LogP contribution in [0.15, 0.2) is 36.7 Å². The van der Waals surface area contributed by atoms with Gasteiger partial charge in [-0.25, -0.2) is 14.4 Å². The van der Waals surface area contributed by atoms with Gasteiger partial charge in [-0.05, 0) is 49.4 Å². The average molecular weight is 480 g/mol. The molecular formula is C25H30FN7O2. The smallest absolute Gasteiger partial charge is 0.251 e. The molecule has 2 fully saturated rings. The van der Waals surface area contributed by atoms with Crippen molar-refractivity contribution in [1.29, 1.82) is 0 Å². The number of ether oxygens (including phenoxy) is 1. The maximum atomic E-state index is 14.7. The van der Waals surface area contributed by atoms with Crippen LogP contribution >= 0.6 is 0 Å². The summed E-state index contributed by atoms with van der Waals surface area (Å²) in [5, 5.41) is 10.4. The zero-order valence-corrected chi connectivity index (χ0v) is 19.8. The summed E-state index contributed by atoms with van der Waals surface area (Å²) >= 11 is 0. The molecule has 184 valence electrons. The van der Waals surface area contributed by atoms with Crippen LogP contribution in [0.3, 0.4) is 0 Å². The molecule has 1 saturated carbocycles. The van der Waals surface area contributed by atoms with Crippen LogP contribution < -0.4 is 10.6 Å². The summed E-state index contributed by atoms with van der Waals surface area (Å²) in [7, 11) is 1.87. The van der Waals surface area contributed by atoms with Crippen molar-refractivity contribution in [2.24, 2.45) is 13.0 Å². The van der Waals surface area contributed by atoms with Crippen molar-refractivity contribution >= 4 is 17.5 Å². The van der Waals surface area contributed by atoms with Gasteiger partial charge in [0.15, 0.2) is 5.82 Å². The summed E-state index contributed by atoms with van der Waals surface area (Å²) in [6.45, 7) is 4.66. The molecule has 1 aromatic carbocycles. The normalized spacial score (nSPS) is 16.3. The van der Waals surface area contributed by atoms with Crippen LogP contribution in [0, 0.1) is 11.7 Å². The minimum Gasteiger partial charge on any atom is -0.379 e. The van der Waals surface area contributed by atoms with Crippen LogP contribution in [0.5, 0.6) is 0 Å². The standard InChI is InChI=1S/C25H30FN7O2/c1-32-22(14-17-2-3-17)20(15-29-32)23-21(26)16-28-25(31-23)30-19-6-4-18(5-7-19)24(34)27-8-9-33-10-12-35-13-11-33/h4-7,15-17H,2-3,8-14H2,1H3,(H,27,34)(H,28,30,31). The largest absolute Gasteiger partial charge is 0.379 e. The molecule has 1 saturated heterocycles. The third kappa shape index (κ3) is 5.83. The summed E-state index contributed by atoms with van der Waals surface area (Å²) in [5.41, 5.74) is 3.20. The van der Waals surface area contributed by atoms with E-state index in [1.807, 2.05) is 7.05 Å². The van der Waals surface area contributed by atoms with Crippen LogP contribution in [0.2, 0.25) is 0 Å². The Bertz CT molecular complexity index is 1170. The monoisotopic (exact) mass is 479 g/mol. The number of anilines is 2. The van der Waals surface area contributed by atoms with Gasteiger partial charge < -0.3 is 15.4 Å². The van der Waals surface area contributed by atoms with E-state index in [2.05, 4.69) is 30.6 Å². The lowest BCUT2D eigenvalue weighted by molar-refractivity contribution is 0.0383. The molecule has 0 unspecified atom stereocenters. The molecule has 2 aromatic heterocycles. The first-order valence-corrected chi connectivity index (χ1v) is 12.1. The first-order valence-electron chi connectivity index (χ1n) is 12.1. The number of hydrogen-bond donors (Lipinski definition) is 2. The quantitative estimate of drug-likeness (QED) is 0.487. The van der Waals surface area contributed by atoms with Gasteiger partial charge in [0, 0.05) is 55.7 Å². The first-order chi connectivity index (χ1) is 17.1. The number of amides is 1. The molecule has 9 nitrogen and oxygen atoms in total. The summed E-state index contributed by atoms with van der Waals surface area (Å²) in [4.78, 5) is 23.3. The number of aryl methyl sites for hydroxylation is 1. The lowest BCUT2D eigenvalue weighted by Gasteiger charge is -2.26. The van der Waals surface area contributed by atoms with Crippen molar-refractivity contribution in [3.05, 3.63) is 53.7 Å². The lowest BCUT2D eigenvalue weighted by atomic mass is 10.1. The number of carbonyl (C=O) groups excluding carboxylic acids is 1. The second-order valence-electron chi connectivity index (χ2n) is 9.08. The fourth-order valence-corrected chi connectivity index (χ4v) is 4.20. The molecule has 3 aromatic rings. The van der Waals surface area contributed by atoms with E-state index in [9.17, 15) is 9.18 Å². The third-order valence-corrected chi connectivity index (χ3v) is 6.46. The number of morpholine rings is 1. The highest BCUT2D eigenvalue weighted by atomic mass is 19.1. The van der Waals surface area contributed by atoms with Gasteiger partial charge in [-0.2, -0.15) is 5.10 Å². The SMILES string of the molecule is Cn1ncc(-c2nc(Nc3ccc(C(=O)NCCN4CCOCC4)cc3)ncc2F)c1CC1CC1. The number of carbonyl (C=O) groups is 1. The van der Waals surface area contributed by atoms with Crippen LogP contribution in [-0.4, -0.2) is 69.9 Å². The highest BCUT2D eigenvalue weighted by Gasteiger charge is 2.26. The fraction of sp³-hybridized carbons (Fsp3) is 0.440. The van der Waals surface area contributed by atoms with Gasteiger partial charge >= 0.3 is 0 Å². The van der Waals surface area contributed by atoms with Crippen molar-refractivity contribution in [3.8, 4) is 11.3 Å². The Morgan fingerprint density at radius 1 is 1.17 bits per heavy atom. The van der Waals surface area contributed by atoms with Gasteiger partial charge in [0.1, 0.15) is 5.69 Å². The van der Waals surface area contributed by atoms with Gasteiger partial charge in [-0.3, -0.25) is 14.4 Å². The molecule has 0 bridgehead atoms. The Hall–Kier alpha value is -3.37. The Kier molecular flexibility index (Phi) is 7.01. The Morgan fingerprint density at radius 2 is 1.94 bits per heavy atom. The fourth-order valence-electron chi connectivity index (χ4n) is 4.20. The van der Waals surface area contributed by atoms with Crippen molar-refractivity contribution in [3.63, 3.8) is 0 Å². The van der Waals surface area contributed by atoms with E-state index in [1.54, 1.807) is 35.1 Å². The van der Waals surface area contributed by atoms with Gasteiger partial charge in [0.25, 0.3) is 5.91 Å². The zero-order chi connectivity index (χ0) is 24.2. The minimum atomic E-state index is -0.482. The third-order valence-electron chi connectivity index (χ3n) is 6.46. The molecule has 2 N–H and O–H groups in total. The van der Waals surface area contributed by atoms with Crippen LogP contribution in [-0.2, 0) is 18.2 Å². The van der Waals surface area contributed by atoms with E-state index in [1.165, 1.54) is 19.0 Å². The van der Waals surface area contributed by atoms with Gasteiger partial charge in [-0.1, -0.05) is 0 Å². The van der Waals surface area contributed by atoms with E-state index in [4.69, 9.17) is 4.74 Å². The van der Waals surface area contributed by atoms with Crippen molar-refractivity contribution in [2.45, 2.75) is 19.3 Å². The number of benzene rings is 1. The summed E-state index contributed by atoms with van der Waals surface area (Å²) in [5.74, 6) is 0.321. The molecule has 0 spiro atoms. The Balaban J connectivity index is 1.21. The van der Waals surface area contributed by atoms with E-state index < -0.39 is 5.82 Å². The molecule has 1 aliphatic carbocycles. The predicted octanol–water partition coefficient (Wildman–Crippen LogP) is 2.77. The maximum absolute atomic E-state index is 14.7. The summed E-state index contributed by atoms with van der Waals surface area (Å²) < 4.78 is 21.8. The molecule has 1 amide bonds. The van der Waals surface area contributed by atoms with Gasteiger partial charge in [0.05, 0.1) is 25.6 Å². The summed E-state index contributed by atoms with van der Waals surface area (Å²) in [6, 6.07) is 7.05. The van der Waals surface area contributed by atoms with E-state index >= 15 is 0 Å². The number of halogens is 1. The molecule has 0 atom stereocenters. The van der Waals surface area contributed by atoms with E-state index in [-0.39, 0.29) is 17.5 Å². The molecule has 1 aliphatic heterocycles. The van der Waals surface area contributed by atoms with Crippen molar-refractivity contribution < 1.29 is 13.9 Å². The number of nitrogens with one attached hydrogen (secondary N) is 2. The molecule has 3 heterocycles. The lowest BCUT2D eigenvalue weighted by Crippen LogP contribution is -2.41. The molecular weight excluding hydrogens is 449 g/mol. The molecule has 10 heteroatoms. The average Bonchev–Trinajstić information content (AvgIpc) is 3.63. The van der Waals surface area contributed by atoms with Gasteiger partial charge in [0.2, 0.25) is 5.95 Å². The topological polar surface area (TPSA) is 97.2 Å². The van der Waals surface area contributed by atoms with Crippen LogP contribution in [0.1, 0.15) is 28.9 Å². The molecule has 5 rings (SSSR count). The highest BCUT2D eigenvalue weighted by molar-refractivity contribution is 5.94. The molecule has 2 aliphatic rings. The van der Waals surface area contributed by atoms with Gasteiger partial charge in [-0.15, -0.1) is 0 Å². The van der Waals surface area contributed by atoms with Crippen LogP contribution in [0.4, 0.5) is 16.0 Å². The minimum absolute atomic E-state index is 0.120. The Labute approximate surface area is 203 Å².